The van der Waals surface area contributed by atoms with Crippen molar-refractivity contribution in [3.05, 3.63) is 23.3 Å². The van der Waals surface area contributed by atoms with E-state index in [1.807, 2.05) is 0 Å². The summed E-state index contributed by atoms with van der Waals surface area (Å²) in [6.45, 7) is -0.138. The Balaban J connectivity index is 1.94. The Morgan fingerprint density at radius 3 is 2.71 bits per heavy atom. The summed E-state index contributed by atoms with van der Waals surface area (Å²) in [7, 11) is 1.53. The van der Waals surface area contributed by atoms with Gasteiger partial charge in [-0.15, -0.1) is 0 Å². The predicted molar refractivity (Wildman–Crippen MR) is 78.5 cm³/mol. The van der Waals surface area contributed by atoms with Crippen LogP contribution in [0.5, 0.6) is 5.75 Å². The Labute approximate surface area is 135 Å². The molecule has 0 aromatic heterocycles. The standard InChI is InChI=1S/C15H16F3N3O3/c1-20-11-4-9-6-21(14(23)15(16,17)18)3-2-8(9)5-12(11)24-7-10(19)13(20)22/h4-5,10H,2-3,6-7,19H2,1H3. The lowest BCUT2D eigenvalue weighted by atomic mass is 9.98. The number of rotatable bonds is 0. The van der Waals surface area contributed by atoms with Gasteiger partial charge in [-0.05, 0) is 29.7 Å². The van der Waals surface area contributed by atoms with Gasteiger partial charge in [0.05, 0.1) is 5.69 Å². The average molecular weight is 343 g/mol. The number of carbonyl (C=O) groups excluding carboxylic acids is 2. The number of benzene rings is 1. The van der Waals surface area contributed by atoms with Crippen LogP contribution in [-0.4, -0.2) is 49.1 Å². The summed E-state index contributed by atoms with van der Waals surface area (Å²) in [5, 5.41) is 0. The van der Waals surface area contributed by atoms with Crippen LogP contribution in [-0.2, 0) is 22.6 Å². The van der Waals surface area contributed by atoms with Crippen LogP contribution in [0.25, 0.3) is 0 Å². The molecular weight excluding hydrogens is 327 g/mol. The van der Waals surface area contributed by atoms with Gasteiger partial charge in [0.1, 0.15) is 18.4 Å². The quantitative estimate of drug-likeness (QED) is 0.757. The molecule has 0 radical (unpaired) electrons. The number of amides is 2. The predicted octanol–water partition coefficient (Wildman–Crippen LogP) is 0.816. The summed E-state index contributed by atoms with van der Waals surface area (Å²) in [6.07, 6.45) is -4.61. The number of halogens is 3. The van der Waals surface area contributed by atoms with E-state index in [2.05, 4.69) is 0 Å². The zero-order valence-electron chi connectivity index (χ0n) is 12.9. The fourth-order valence-electron chi connectivity index (χ4n) is 2.92. The number of likely N-dealkylation sites (N-methyl/N-ethyl adjacent to an activating group) is 1. The normalized spacial score (nSPS) is 20.9. The Kier molecular flexibility index (Phi) is 3.90. The Hall–Kier alpha value is -2.29. The van der Waals surface area contributed by atoms with Crippen LogP contribution in [0.2, 0.25) is 0 Å². The van der Waals surface area contributed by atoms with E-state index in [9.17, 15) is 22.8 Å². The maximum absolute atomic E-state index is 12.6. The Bertz CT molecular complexity index is 705. The molecule has 3 rings (SSSR count). The lowest BCUT2D eigenvalue weighted by Gasteiger charge is -2.30. The van der Waals surface area contributed by atoms with Crippen LogP contribution in [0.1, 0.15) is 11.1 Å². The van der Waals surface area contributed by atoms with Crippen molar-refractivity contribution in [2.75, 3.05) is 25.1 Å². The third-order valence-electron chi connectivity index (χ3n) is 4.25. The minimum Gasteiger partial charge on any atom is -0.489 e. The highest BCUT2D eigenvalue weighted by atomic mass is 19.4. The molecule has 2 aliphatic heterocycles. The molecule has 0 bridgehead atoms. The molecular formula is C15H16F3N3O3. The van der Waals surface area contributed by atoms with Gasteiger partial charge in [-0.1, -0.05) is 0 Å². The summed E-state index contributed by atoms with van der Waals surface area (Å²) in [6, 6.07) is 2.50. The minimum atomic E-state index is -4.90. The molecule has 1 atom stereocenters. The average Bonchev–Trinajstić information content (AvgIpc) is 2.64. The molecule has 0 aliphatic carbocycles. The number of carbonyl (C=O) groups is 2. The largest absolute Gasteiger partial charge is 0.489 e. The second-order valence-electron chi connectivity index (χ2n) is 5.88. The van der Waals surface area contributed by atoms with E-state index < -0.39 is 18.1 Å². The van der Waals surface area contributed by atoms with Gasteiger partial charge in [-0.25, -0.2) is 0 Å². The van der Waals surface area contributed by atoms with Gasteiger partial charge >= 0.3 is 12.1 Å². The molecule has 24 heavy (non-hydrogen) atoms. The molecule has 1 aromatic carbocycles. The number of hydrogen-bond acceptors (Lipinski definition) is 4. The van der Waals surface area contributed by atoms with Crippen molar-refractivity contribution in [3.8, 4) is 5.75 Å². The smallest absolute Gasteiger partial charge is 0.471 e. The van der Waals surface area contributed by atoms with E-state index in [1.54, 1.807) is 12.1 Å². The lowest BCUT2D eigenvalue weighted by molar-refractivity contribution is -0.186. The summed E-state index contributed by atoms with van der Waals surface area (Å²) in [4.78, 5) is 25.6. The minimum absolute atomic E-state index is 0.0155. The number of nitrogens with zero attached hydrogens (tertiary/aromatic N) is 2. The highest BCUT2D eigenvalue weighted by molar-refractivity contribution is 5.98. The zero-order valence-corrected chi connectivity index (χ0v) is 12.9. The molecule has 0 fully saturated rings. The van der Waals surface area contributed by atoms with Crippen molar-refractivity contribution < 1.29 is 27.5 Å². The van der Waals surface area contributed by atoms with Gasteiger partial charge in [0.15, 0.2) is 0 Å². The summed E-state index contributed by atoms with van der Waals surface area (Å²) < 4.78 is 43.4. The first-order valence-corrected chi connectivity index (χ1v) is 7.36. The molecule has 0 saturated carbocycles. The summed E-state index contributed by atoms with van der Waals surface area (Å²) in [5.74, 6) is -1.73. The molecule has 9 heteroatoms. The first-order valence-electron chi connectivity index (χ1n) is 7.36. The maximum Gasteiger partial charge on any atom is 0.471 e. The first-order chi connectivity index (χ1) is 11.2. The van der Waals surface area contributed by atoms with Crippen LogP contribution < -0.4 is 15.4 Å². The fraction of sp³-hybridized carbons (Fsp3) is 0.467. The number of alkyl halides is 3. The second kappa shape index (κ2) is 5.66. The number of hydrogen-bond donors (Lipinski definition) is 1. The summed E-state index contributed by atoms with van der Waals surface area (Å²) in [5.41, 5.74) is 7.52. The highest BCUT2D eigenvalue weighted by Gasteiger charge is 2.43. The van der Waals surface area contributed by atoms with Crippen LogP contribution in [0.15, 0.2) is 12.1 Å². The van der Waals surface area contributed by atoms with Gasteiger partial charge in [0.2, 0.25) is 5.91 Å². The summed E-state index contributed by atoms with van der Waals surface area (Å²) >= 11 is 0. The van der Waals surface area contributed by atoms with E-state index in [4.69, 9.17) is 10.5 Å². The Morgan fingerprint density at radius 1 is 1.33 bits per heavy atom. The van der Waals surface area contributed by atoms with E-state index in [1.165, 1.54) is 11.9 Å². The monoisotopic (exact) mass is 343 g/mol. The van der Waals surface area contributed by atoms with Crippen molar-refractivity contribution in [2.24, 2.45) is 5.73 Å². The number of nitrogens with two attached hydrogens (primary N) is 1. The maximum atomic E-state index is 12.6. The van der Waals surface area contributed by atoms with Crippen molar-refractivity contribution in [2.45, 2.75) is 25.2 Å². The molecule has 1 aromatic rings. The topological polar surface area (TPSA) is 75.9 Å². The zero-order chi connectivity index (χ0) is 17.6. The van der Waals surface area contributed by atoms with Gasteiger partial charge in [-0.3, -0.25) is 9.59 Å². The molecule has 1 unspecified atom stereocenters. The molecule has 6 nitrogen and oxygen atoms in total. The second-order valence-corrected chi connectivity index (χ2v) is 5.88. The molecule has 0 spiro atoms. The van der Waals surface area contributed by atoms with Crippen molar-refractivity contribution in [1.29, 1.82) is 0 Å². The molecule has 2 N–H and O–H groups in total. The Morgan fingerprint density at radius 2 is 2.04 bits per heavy atom. The first kappa shape index (κ1) is 16.6. The van der Waals surface area contributed by atoms with Gasteiger partial charge in [0, 0.05) is 20.1 Å². The molecule has 0 saturated heterocycles. The number of fused-ring (bicyclic) bond motifs is 2. The number of anilines is 1. The van der Waals surface area contributed by atoms with E-state index in [0.717, 1.165) is 10.5 Å². The fourth-order valence-corrected chi connectivity index (χ4v) is 2.92. The molecule has 2 heterocycles. The van der Waals surface area contributed by atoms with Crippen LogP contribution in [0.3, 0.4) is 0 Å². The van der Waals surface area contributed by atoms with Gasteiger partial charge in [-0.2, -0.15) is 13.2 Å². The van der Waals surface area contributed by atoms with Crippen molar-refractivity contribution in [1.82, 2.24) is 4.90 Å². The van der Waals surface area contributed by atoms with Gasteiger partial charge < -0.3 is 20.3 Å². The number of ether oxygens (including phenoxy) is 1. The van der Waals surface area contributed by atoms with Crippen LogP contribution in [0.4, 0.5) is 18.9 Å². The third-order valence-corrected chi connectivity index (χ3v) is 4.25. The molecule has 130 valence electrons. The van der Waals surface area contributed by atoms with Crippen LogP contribution >= 0.6 is 0 Å². The van der Waals surface area contributed by atoms with E-state index >= 15 is 0 Å². The van der Waals surface area contributed by atoms with Gasteiger partial charge in [0.25, 0.3) is 0 Å². The van der Waals surface area contributed by atoms with E-state index in [0.29, 0.717) is 17.0 Å². The van der Waals surface area contributed by atoms with E-state index in [-0.39, 0.29) is 32.0 Å². The molecule has 2 amide bonds. The third kappa shape index (κ3) is 2.79. The highest BCUT2D eigenvalue weighted by Crippen LogP contribution is 2.36. The SMILES string of the molecule is CN1C(=O)C(N)COc2cc3c(cc21)CN(C(=O)C(F)(F)F)CC3. The molecule has 2 aliphatic rings. The lowest BCUT2D eigenvalue weighted by Crippen LogP contribution is -2.44. The van der Waals surface area contributed by atoms with Crippen LogP contribution in [0, 0.1) is 0 Å². The van der Waals surface area contributed by atoms with Crippen molar-refractivity contribution in [3.63, 3.8) is 0 Å². The van der Waals surface area contributed by atoms with Crippen molar-refractivity contribution >= 4 is 17.5 Å².